The Morgan fingerprint density at radius 3 is 1.29 bits per heavy atom. The van der Waals surface area contributed by atoms with Crippen LogP contribution in [0.5, 0.6) is 0 Å². The summed E-state index contributed by atoms with van der Waals surface area (Å²) >= 11 is 0. The zero-order valence-electron chi connectivity index (χ0n) is 19.8. The lowest BCUT2D eigenvalue weighted by molar-refractivity contribution is 0.0647. The molecule has 34 heavy (non-hydrogen) atoms. The molecular formula is C28H30N2O4. The molecule has 2 heterocycles. The Balaban J connectivity index is 1.19. The lowest BCUT2D eigenvalue weighted by Gasteiger charge is -2.29. The Morgan fingerprint density at radius 2 is 0.941 bits per heavy atom. The summed E-state index contributed by atoms with van der Waals surface area (Å²) in [5.41, 5.74) is 4.40. The molecule has 2 aromatic carbocycles. The first-order valence-corrected chi connectivity index (χ1v) is 12.4. The number of rotatable bonds is 6. The van der Waals surface area contributed by atoms with Gasteiger partial charge in [0.15, 0.2) is 0 Å². The molecule has 0 atom stereocenters. The van der Waals surface area contributed by atoms with E-state index < -0.39 is 0 Å². The topological polar surface area (TPSA) is 74.8 Å². The lowest BCUT2D eigenvalue weighted by Crippen LogP contribution is -2.29. The quantitative estimate of drug-likeness (QED) is 0.597. The molecule has 5 rings (SSSR count). The van der Waals surface area contributed by atoms with Crippen molar-refractivity contribution in [1.82, 2.24) is 9.80 Å². The van der Waals surface area contributed by atoms with E-state index in [1.165, 1.54) is 9.80 Å². The average Bonchev–Trinajstić information content (AvgIpc) is 3.23. The fourth-order valence-electron chi connectivity index (χ4n) is 5.81. The van der Waals surface area contributed by atoms with Gasteiger partial charge in [0.1, 0.15) is 0 Å². The van der Waals surface area contributed by atoms with Gasteiger partial charge in [-0.05, 0) is 99.6 Å². The molecule has 176 valence electrons. The zero-order valence-corrected chi connectivity index (χ0v) is 19.8. The molecule has 1 fully saturated rings. The van der Waals surface area contributed by atoms with E-state index in [4.69, 9.17) is 0 Å². The van der Waals surface area contributed by atoms with E-state index in [1.54, 1.807) is 0 Å². The molecule has 0 aromatic heterocycles. The highest BCUT2D eigenvalue weighted by atomic mass is 16.2. The second-order valence-electron chi connectivity index (χ2n) is 9.76. The van der Waals surface area contributed by atoms with Gasteiger partial charge in [0.25, 0.3) is 23.6 Å². The molecule has 2 aliphatic heterocycles. The third-order valence-corrected chi connectivity index (χ3v) is 7.72. The largest absolute Gasteiger partial charge is 0.275 e. The Bertz CT molecular complexity index is 1100. The smallest absolute Gasteiger partial charge is 0.261 e. The second-order valence-corrected chi connectivity index (χ2v) is 9.76. The zero-order chi connectivity index (χ0) is 24.0. The minimum absolute atomic E-state index is 0.176. The van der Waals surface area contributed by atoms with Gasteiger partial charge in [-0.15, -0.1) is 0 Å². The Hall–Kier alpha value is -3.28. The van der Waals surface area contributed by atoms with Crippen molar-refractivity contribution in [2.75, 3.05) is 13.1 Å². The standard InChI is InChI=1S/C28H30N2O4/c1-3-29-25(31)21-11-9-19(15-23(21)27(29)33)13-17-5-7-18(8-6-17)14-20-10-12-22-24(16-20)28(34)30(4-2)26(22)32/h9-12,15-18H,3-8,13-14H2,1-2H3. The predicted molar refractivity (Wildman–Crippen MR) is 128 cm³/mol. The first-order chi connectivity index (χ1) is 16.4. The first-order valence-electron chi connectivity index (χ1n) is 12.4. The first kappa shape index (κ1) is 22.5. The maximum absolute atomic E-state index is 12.5. The van der Waals surface area contributed by atoms with E-state index in [2.05, 4.69) is 0 Å². The minimum Gasteiger partial charge on any atom is -0.275 e. The van der Waals surface area contributed by atoms with Crippen molar-refractivity contribution in [1.29, 1.82) is 0 Å². The van der Waals surface area contributed by atoms with Crippen LogP contribution < -0.4 is 0 Å². The summed E-state index contributed by atoms with van der Waals surface area (Å²) in [7, 11) is 0. The van der Waals surface area contributed by atoms with Gasteiger partial charge in [0.05, 0.1) is 22.3 Å². The molecule has 1 saturated carbocycles. The van der Waals surface area contributed by atoms with Gasteiger partial charge in [0, 0.05) is 13.1 Å². The molecule has 1 aliphatic carbocycles. The lowest BCUT2D eigenvalue weighted by atomic mass is 9.77. The molecule has 0 radical (unpaired) electrons. The number of carbonyl (C=O) groups is 4. The van der Waals surface area contributed by atoms with E-state index >= 15 is 0 Å². The van der Waals surface area contributed by atoms with E-state index in [0.717, 1.165) is 49.7 Å². The van der Waals surface area contributed by atoms with Crippen LogP contribution in [0.3, 0.4) is 0 Å². The Labute approximate surface area is 199 Å². The van der Waals surface area contributed by atoms with Crippen LogP contribution in [-0.4, -0.2) is 46.5 Å². The maximum atomic E-state index is 12.5. The molecular weight excluding hydrogens is 428 g/mol. The van der Waals surface area contributed by atoms with Crippen LogP contribution in [0, 0.1) is 11.8 Å². The number of carbonyl (C=O) groups excluding carboxylic acids is 4. The van der Waals surface area contributed by atoms with Crippen LogP contribution in [0.1, 0.15) is 92.1 Å². The molecule has 6 nitrogen and oxygen atoms in total. The number of nitrogens with zero attached hydrogens (tertiary/aromatic N) is 2. The average molecular weight is 459 g/mol. The maximum Gasteiger partial charge on any atom is 0.261 e. The number of amides is 4. The fraction of sp³-hybridized carbons (Fsp3) is 0.429. The van der Waals surface area contributed by atoms with Crippen molar-refractivity contribution in [3.63, 3.8) is 0 Å². The third-order valence-electron chi connectivity index (χ3n) is 7.72. The molecule has 6 heteroatoms. The number of benzene rings is 2. The minimum atomic E-state index is -0.186. The van der Waals surface area contributed by atoms with Gasteiger partial charge in [-0.2, -0.15) is 0 Å². The van der Waals surface area contributed by atoms with E-state index in [0.29, 0.717) is 47.2 Å². The predicted octanol–water partition coefficient (Wildman–Crippen LogP) is 4.51. The Morgan fingerprint density at radius 1 is 0.588 bits per heavy atom. The van der Waals surface area contributed by atoms with Crippen LogP contribution in [0.25, 0.3) is 0 Å². The highest BCUT2D eigenvalue weighted by molar-refractivity contribution is 6.22. The van der Waals surface area contributed by atoms with Gasteiger partial charge in [0.2, 0.25) is 0 Å². The van der Waals surface area contributed by atoms with E-state index in [-0.39, 0.29) is 23.6 Å². The fourth-order valence-corrected chi connectivity index (χ4v) is 5.81. The summed E-state index contributed by atoms with van der Waals surface area (Å²) in [6, 6.07) is 11.5. The van der Waals surface area contributed by atoms with Gasteiger partial charge < -0.3 is 0 Å². The van der Waals surface area contributed by atoms with Gasteiger partial charge in [-0.25, -0.2) is 0 Å². The molecule has 4 amide bonds. The van der Waals surface area contributed by atoms with Crippen molar-refractivity contribution in [2.24, 2.45) is 11.8 Å². The summed E-state index contributed by atoms with van der Waals surface area (Å²) in [5.74, 6) is 0.417. The molecule has 0 unspecified atom stereocenters. The summed E-state index contributed by atoms with van der Waals surface area (Å²) in [6.07, 6.45) is 6.36. The molecule has 3 aliphatic rings. The molecule has 0 N–H and O–H groups in total. The van der Waals surface area contributed by atoms with E-state index in [9.17, 15) is 19.2 Å². The van der Waals surface area contributed by atoms with Crippen LogP contribution >= 0.6 is 0 Å². The van der Waals surface area contributed by atoms with Crippen LogP contribution in [-0.2, 0) is 12.8 Å². The summed E-state index contributed by atoms with van der Waals surface area (Å²) < 4.78 is 0. The van der Waals surface area contributed by atoms with Crippen molar-refractivity contribution < 1.29 is 19.2 Å². The van der Waals surface area contributed by atoms with Crippen molar-refractivity contribution in [3.8, 4) is 0 Å². The van der Waals surface area contributed by atoms with Crippen molar-refractivity contribution in [3.05, 3.63) is 69.8 Å². The van der Waals surface area contributed by atoms with Crippen LogP contribution in [0.4, 0.5) is 0 Å². The summed E-state index contributed by atoms with van der Waals surface area (Å²) in [4.78, 5) is 52.3. The van der Waals surface area contributed by atoms with Crippen molar-refractivity contribution in [2.45, 2.75) is 52.4 Å². The van der Waals surface area contributed by atoms with Crippen LogP contribution in [0.15, 0.2) is 36.4 Å². The van der Waals surface area contributed by atoms with Gasteiger partial charge in [-0.1, -0.05) is 12.1 Å². The summed E-state index contributed by atoms with van der Waals surface area (Å²) in [6.45, 7) is 4.44. The van der Waals surface area contributed by atoms with Gasteiger partial charge in [-0.3, -0.25) is 29.0 Å². The molecule has 0 spiro atoms. The van der Waals surface area contributed by atoms with Crippen molar-refractivity contribution >= 4 is 23.6 Å². The molecule has 0 bridgehead atoms. The number of hydrogen-bond donors (Lipinski definition) is 0. The Kier molecular flexibility index (Phi) is 5.84. The number of fused-ring (bicyclic) bond motifs is 2. The highest BCUT2D eigenvalue weighted by Crippen LogP contribution is 2.35. The van der Waals surface area contributed by atoms with Gasteiger partial charge >= 0.3 is 0 Å². The third kappa shape index (κ3) is 3.75. The second kappa shape index (κ2) is 8.82. The normalized spacial score (nSPS) is 21.9. The summed E-state index contributed by atoms with van der Waals surface area (Å²) in [5, 5.41) is 0. The highest BCUT2D eigenvalue weighted by Gasteiger charge is 2.36. The SMILES string of the molecule is CCN1C(=O)c2ccc(CC3CCC(Cc4ccc5c(c4)C(=O)N(CC)C5=O)CC3)cc2C1=O. The van der Waals surface area contributed by atoms with Crippen LogP contribution in [0.2, 0.25) is 0 Å². The monoisotopic (exact) mass is 458 g/mol. The van der Waals surface area contributed by atoms with E-state index in [1.807, 2.05) is 50.2 Å². The number of hydrogen-bond acceptors (Lipinski definition) is 4. The molecule has 0 saturated heterocycles. The number of imide groups is 2. The molecule has 2 aromatic rings.